The average molecular weight is 324 g/mol. The molecule has 1 aliphatic heterocycles. The van der Waals surface area contributed by atoms with Gasteiger partial charge in [-0.25, -0.2) is 0 Å². The summed E-state index contributed by atoms with van der Waals surface area (Å²) in [6, 6.07) is 5.35. The number of aromatic nitrogens is 2. The molecule has 2 aromatic rings. The van der Waals surface area contributed by atoms with E-state index in [1.165, 1.54) is 6.20 Å². The molecule has 1 aromatic carbocycles. The minimum absolute atomic E-state index is 0.203. The van der Waals surface area contributed by atoms with Crippen LogP contribution in [0.2, 0.25) is 0 Å². The van der Waals surface area contributed by atoms with Gasteiger partial charge in [0, 0.05) is 12.7 Å². The predicted octanol–water partition coefficient (Wildman–Crippen LogP) is 1.83. The zero-order chi connectivity index (χ0) is 13.2. The van der Waals surface area contributed by atoms with Gasteiger partial charge >= 0.3 is 0 Å². The summed E-state index contributed by atoms with van der Waals surface area (Å²) in [5, 5.41) is 9.13. The summed E-state index contributed by atoms with van der Waals surface area (Å²) >= 11 is 3.41. The molecule has 1 aromatic heterocycles. The first-order chi connectivity index (χ1) is 9.24. The van der Waals surface area contributed by atoms with E-state index in [4.69, 9.17) is 9.47 Å². The fraction of sp³-hybridized carbons (Fsp3) is 0.167. The van der Waals surface area contributed by atoms with Gasteiger partial charge in [0.25, 0.3) is 5.91 Å². The summed E-state index contributed by atoms with van der Waals surface area (Å²) in [6.45, 7) is 0.616. The lowest BCUT2D eigenvalue weighted by Crippen LogP contribution is -2.23. The molecule has 0 atom stereocenters. The molecule has 0 unspecified atom stereocenters. The number of benzene rings is 1. The van der Waals surface area contributed by atoms with Gasteiger partial charge in [-0.3, -0.25) is 9.89 Å². The molecule has 0 saturated carbocycles. The molecule has 19 heavy (non-hydrogen) atoms. The molecule has 0 aliphatic carbocycles. The van der Waals surface area contributed by atoms with Crippen molar-refractivity contribution in [2.24, 2.45) is 0 Å². The number of carbonyl (C=O) groups is 1. The first kappa shape index (κ1) is 12.0. The molecule has 2 heterocycles. The van der Waals surface area contributed by atoms with E-state index in [0.29, 0.717) is 23.7 Å². The molecule has 0 saturated heterocycles. The number of rotatable bonds is 3. The van der Waals surface area contributed by atoms with Crippen LogP contribution < -0.4 is 14.8 Å². The zero-order valence-corrected chi connectivity index (χ0v) is 11.4. The predicted molar refractivity (Wildman–Crippen MR) is 70.0 cm³/mol. The third kappa shape index (κ3) is 2.41. The lowest BCUT2D eigenvalue weighted by atomic mass is 10.2. The second-order valence-electron chi connectivity index (χ2n) is 3.96. The van der Waals surface area contributed by atoms with Gasteiger partial charge < -0.3 is 14.8 Å². The van der Waals surface area contributed by atoms with Crippen molar-refractivity contribution >= 4 is 21.8 Å². The summed E-state index contributed by atoms with van der Waals surface area (Å²) in [5.74, 6) is 1.18. The fourth-order valence-electron chi connectivity index (χ4n) is 1.78. The van der Waals surface area contributed by atoms with Gasteiger partial charge in [0.2, 0.25) is 6.79 Å². The number of aromatic amines is 1. The Morgan fingerprint density at radius 3 is 3.16 bits per heavy atom. The Morgan fingerprint density at radius 1 is 1.47 bits per heavy atom. The van der Waals surface area contributed by atoms with Crippen LogP contribution >= 0.6 is 15.9 Å². The molecule has 0 fully saturated rings. The van der Waals surface area contributed by atoms with Crippen LogP contribution in [0.5, 0.6) is 11.5 Å². The molecule has 7 heteroatoms. The monoisotopic (exact) mass is 323 g/mol. The smallest absolute Gasteiger partial charge is 0.269 e. The van der Waals surface area contributed by atoms with Crippen LogP contribution in [0.1, 0.15) is 16.1 Å². The number of nitrogens with zero attached hydrogens (tertiary/aromatic N) is 1. The van der Waals surface area contributed by atoms with Crippen molar-refractivity contribution in [1.82, 2.24) is 15.5 Å². The Bertz CT molecular complexity index is 613. The number of H-pyrrole nitrogens is 1. The topological polar surface area (TPSA) is 76.2 Å². The van der Waals surface area contributed by atoms with Gasteiger partial charge in [-0.15, -0.1) is 0 Å². The van der Waals surface area contributed by atoms with Crippen LogP contribution in [0.4, 0.5) is 0 Å². The minimum atomic E-state index is -0.203. The van der Waals surface area contributed by atoms with Crippen LogP contribution in [0.25, 0.3) is 0 Å². The van der Waals surface area contributed by atoms with E-state index in [1.807, 2.05) is 12.1 Å². The average Bonchev–Trinajstić information content (AvgIpc) is 3.06. The first-order valence-electron chi connectivity index (χ1n) is 5.59. The summed E-state index contributed by atoms with van der Waals surface area (Å²) in [4.78, 5) is 11.7. The number of carbonyl (C=O) groups excluding carboxylic acids is 1. The van der Waals surface area contributed by atoms with Crippen LogP contribution in [0, 0.1) is 0 Å². The van der Waals surface area contributed by atoms with Gasteiger partial charge in [0.05, 0.1) is 4.47 Å². The first-order valence-corrected chi connectivity index (χ1v) is 6.39. The van der Waals surface area contributed by atoms with Crippen molar-refractivity contribution in [3.63, 3.8) is 0 Å². The maximum absolute atomic E-state index is 11.7. The molecule has 98 valence electrons. The normalized spacial score (nSPS) is 12.5. The Morgan fingerprint density at radius 2 is 2.37 bits per heavy atom. The largest absolute Gasteiger partial charge is 0.454 e. The second-order valence-corrected chi connectivity index (χ2v) is 4.82. The van der Waals surface area contributed by atoms with Crippen molar-refractivity contribution in [1.29, 1.82) is 0 Å². The molecule has 3 rings (SSSR count). The number of ether oxygens (including phenoxy) is 2. The molecule has 0 radical (unpaired) electrons. The van der Waals surface area contributed by atoms with E-state index in [-0.39, 0.29) is 12.7 Å². The SMILES string of the molecule is O=C(NCc1cc(Br)c2c(c1)OCO2)c1ccn[nH]1. The number of amides is 1. The minimum Gasteiger partial charge on any atom is -0.454 e. The van der Waals surface area contributed by atoms with Crippen LogP contribution in [0.3, 0.4) is 0 Å². The molecule has 2 N–H and O–H groups in total. The van der Waals surface area contributed by atoms with Crippen molar-refractivity contribution in [3.8, 4) is 11.5 Å². The van der Waals surface area contributed by atoms with Gasteiger partial charge in [0.1, 0.15) is 5.69 Å². The molecule has 1 aliphatic rings. The highest BCUT2D eigenvalue weighted by molar-refractivity contribution is 9.10. The van der Waals surface area contributed by atoms with Crippen molar-refractivity contribution in [3.05, 3.63) is 40.1 Å². The number of fused-ring (bicyclic) bond motifs is 1. The van der Waals surface area contributed by atoms with E-state index < -0.39 is 0 Å². The van der Waals surface area contributed by atoms with E-state index in [0.717, 1.165) is 10.0 Å². The van der Waals surface area contributed by atoms with Gasteiger partial charge in [-0.1, -0.05) is 0 Å². The standard InChI is InChI=1S/C12H10BrN3O3/c13-8-3-7(4-10-11(8)19-6-18-10)5-14-12(17)9-1-2-15-16-9/h1-4H,5-6H2,(H,14,17)(H,15,16). The Hall–Kier alpha value is -2.02. The molecular weight excluding hydrogens is 314 g/mol. The Balaban J connectivity index is 1.71. The summed E-state index contributed by atoms with van der Waals surface area (Å²) in [7, 11) is 0. The molecule has 1 amide bonds. The maximum atomic E-state index is 11.7. The van der Waals surface area contributed by atoms with E-state index in [9.17, 15) is 4.79 Å². The molecule has 0 spiro atoms. The maximum Gasteiger partial charge on any atom is 0.269 e. The molecular formula is C12H10BrN3O3. The third-order valence-corrected chi connectivity index (χ3v) is 3.27. The van der Waals surface area contributed by atoms with Gasteiger partial charge in [-0.2, -0.15) is 5.10 Å². The Kier molecular flexibility index (Phi) is 3.12. The number of halogens is 1. The van der Waals surface area contributed by atoms with Gasteiger partial charge in [-0.05, 0) is 39.7 Å². The van der Waals surface area contributed by atoms with E-state index in [2.05, 4.69) is 31.4 Å². The fourth-order valence-corrected chi connectivity index (χ4v) is 2.39. The van der Waals surface area contributed by atoms with Crippen molar-refractivity contribution < 1.29 is 14.3 Å². The Labute approximate surface area is 117 Å². The number of hydrogen-bond donors (Lipinski definition) is 2. The third-order valence-electron chi connectivity index (χ3n) is 2.69. The van der Waals surface area contributed by atoms with Crippen LogP contribution in [-0.4, -0.2) is 22.9 Å². The summed E-state index contributed by atoms with van der Waals surface area (Å²) < 4.78 is 11.4. The molecule has 0 bridgehead atoms. The highest BCUT2D eigenvalue weighted by Crippen LogP contribution is 2.39. The van der Waals surface area contributed by atoms with E-state index in [1.54, 1.807) is 6.07 Å². The summed E-state index contributed by atoms with van der Waals surface area (Å²) in [6.07, 6.45) is 1.53. The second kappa shape index (κ2) is 4.93. The lowest BCUT2D eigenvalue weighted by molar-refractivity contribution is 0.0946. The van der Waals surface area contributed by atoms with Crippen molar-refractivity contribution in [2.45, 2.75) is 6.54 Å². The van der Waals surface area contributed by atoms with Gasteiger partial charge in [0.15, 0.2) is 11.5 Å². The lowest BCUT2D eigenvalue weighted by Gasteiger charge is -2.06. The van der Waals surface area contributed by atoms with E-state index >= 15 is 0 Å². The quantitative estimate of drug-likeness (QED) is 0.903. The molecule has 6 nitrogen and oxygen atoms in total. The number of hydrogen-bond acceptors (Lipinski definition) is 4. The van der Waals surface area contributed by atoms with Crippen LogP contribution in [-0.2, 0) is 6.54 Å². The highest BCUT2D eigenvalue weighted by atomic mass is 79.9. The highest BCUT2D eigenvalue weighted by Gasteiger charge is 2.18. The zero-order valence-electron chi connectivity index (χ0n) is 9.77. The van der Waals surface area contributed by atoms with Crippen molar-refractivity contribution in [2.75, 3.05) is 6.79 Å². The summed E-state index contributed by atoms with van der Waals surface area (Å²) in [5.41, 5.74) is 1.35. The van der Waals surface area contributed by atoms with Crippen LogP contribution in [0.15, 0.2) is 28.9 Å². The number of nitrogens with one attached hydrogen (secondary N) is 2.